The minimum absolute atomic E-state index is 0. The zero-order valence-corrected chi connectivity index (χ0v) is 6.10. The molecule has 0 aromatic rings. The van der Waals surface area contributed by atoms with Crippen LogP contribution in [0.5, 0.6) is 0 Å². The Kier molecular flexibility index (Phi) is 24.4. The van der Waals surface area contributed by atoms with Crippen LogP contribution in [0.25, 0.3) is 0 Å². The Hall–Kier alpha value is 0.795. The van der Waals surface area contributed by atoms with Crippen molar-refractivity contribution in [3.05, 3.63) is 0 Å². The average molecular weight is 273 g/mol. The van der Waals surface area contributed by atoms with E-state index in [1.54, 1.807) is 0 Å². The van der Waals surface area contributed by atoms with Gasteiger partial charge in [0.25, 0.3) is 5.97 Å². The van der Waals surface area contributed by atoms with Gasteiger partial charge < -0.3 is 5.11 Å². The van der Waals surface area contributed by atoms with Crippen LogP contribution in [0.2, 0.25) is 0 Å². The molecule has 0 saturated carbocycles. The van der Waals surface area contributed by atoms with E-state index in [-0.39, 0.29) is 40.8 Å². The van der Waals surface area contributed by atoms with E-state index < -0.39 is 5.97 Å². The monoisotopic (exact) mass is 272 g/mol. The van der Waals surface area contributed by atoms with Crippen LogP contribution in [0.15, 0.2) is 0 Å². The molecular formula is C2H4O2Pd2+4. The van der Waals surface area contributed by atoms with E-state index >= 15 is 0 Å². The SMILES string of the molecule is CC(=O)O.[Pd+2].[Pd+2]. The van der Waals surface area contributed by atoms with Crippen molar-refractivity contribution in [1.29, 1.82) is 0 Å². The Labute approximate surface area is 63.6 Å². The fourth-order valence-corrected chi connectivity index (χ4v) is 0. The van der Waals surface area contributed by atoms with Gasteiger partial charge in [-0.2, -0.15) is 0 Å². The Morgan fingerprint density at radius 3 is 1.50 bits per heavy atom. The molecule has 0 spiro atoms. The van der Waals surface area contributed by atoms with E-state index in [1.807, 2.05) is 0 Å². The van der Waals surface area contributed by atoms with Gasteiger partial charge in [0.05, 0.1) is 0 Å². The van der Waals surface area contributed by atoms with Crippen molar-refractivity contribution in [2.75, 3.05) is 0 Å². The summed E-state index contributed by atoms with van der Waals surface area (Å²) in [6.45, 7) is 1.08. The number of hydrogen-bond donors (Lipinski definition) is 1. The topological polar surface area (TPSA) is 37.3 Å². The van der Waals surface area contributed by atoms with Crippen LogP contribution >= 0.6 is 0 Å². The zero-order valence-electron chi connectivity index (χ0n) is 2.99. The Morgan fingerprint density at radius 2 is 1.50 bits per heavy atom. The molecule has 4 heteroatoms. The van der Waals surface area contributed by atoms with Gasteiger partial charge in [0.1, 0.15) is 0 Å². The van der Waals surface area contributed by atoms with Crippen molar-refractivity contribution in [3.63, 3.8) is 0 Å². The molecular weight excluding hydrogens is 269 g/mol. The molecule has 0 rings (SSSR count). The van der Waals surface area contributed by atoms with Gasteiger partial charge in [-0.1, -0.05) is 0 Å². The zero-order chi connectivity index (χ0) is 3.58. The summed E-state index contributed by atoms with van der Waals surface area (Å²) in [6, 6.07) is 0. The van der Waals surface area contributed by atoms with Gasteiger partial charge in [-0.05, 0) is 0 Å². The molecule has 0 aliphatic heterocycles. The first-order chi connectivity index (χ1) is 1.73. The second-order valence-electron chi connectivity index (χ2n) is 0.519. The minimum atomic E-state index is -0.833. The Bertz CT molecular complexity index is 32.5. The van der Waals surface area contributed by atoms with Gasteiger partial charge >= 0.3 is 40.8 Å². The second kappa shape index (κ2) is 9.25. The van der Waals surface area contributed by atoms with Crippen LogP contribution < -0.4 is 0 Å². The molecule has 6 heavy (non-hydrogen) atoms. The quantitative estimate of drug-likeness (QED) is 0.635. The Morgan fingerprint density at radius 1 is 1.50 bits per heavy atom. The molecule has 0 aromatic heterocycles. The first-order valence-electron chi connectivity index (χ1n) is 0.928. The first kappa shape index (κ1) is 15.8. The molecule has 0 bridgehead atoms. The third-order valence-corrected chi connectivity index (χ3v) is 0. The maximum atomic E-state index is 9.00. The largest absolute Gasteiger partial charge is 2.00 e. The van der Waals surface area contributed by atoms with E-state index in [2.05, 4.69) is 0 Å². The van der Waals surface area contributed by atoms with Crippen LogP contribution in [0, 0.1) is 0 Å². The number of carbonyl (C=O) groups is 1. The van der Waals surface area contributed by atoms with E-state index in [0.717, 1.165) is 6.92 Å². The van der Waals surface area contributed by atoms with Gasteiger partial charge in [0.15, 0.2) is 0 Å². The molecule has 1 N–H and O–H groups in total. The molecule has 0 atom stereocenters. The van der Waals surface area contributed by atoms with Crippen LogP contribution in [0.1, 0.15) is 6.92 Å². The van der Waals surface area contributed by atoms with Crippen molar-refractivity contribution in [2.45, 2.75) is 6.92 Å². The normalized spacial score (nSPS) is 4.17. The van der Waals surface area contributed by atoms with Gasteiger partial charge in [-0.25, -0.2) is 0 Å². The fraction of sp³-hybridized carbons (Fsp3) is 0.500. The molecule has 0 aliphatic carbocycles. The predicted octanol–water partition coefficient (Wildman–Crippen LogP) is 0.0859. The number of rotatable bonds is 0. The van der Waals surface area contributed by atoms with Crippen molar-refractivity contribution in [1.82, 2.24) is 0 Å². The summed E-state index contributed by atoms with van der Waals surface area (Å²) >= 11 is 0. The fourth-order valence-electron chi connectivity index (χ4n) is 0. The van der Waals surface area contributed by atoms with Gasteiger partial charge in [-0.3, -0.25) is 4.79 Å². The molecule has 40 valence electrons. The Balaban J connectivity index is -0.0000000450. The molecule has 0 heterocycles. The van der Waals surface area contributed by atoms with Crippen molar-refractivity contribution in [2.24, 2.45) is 0 Å². The smallest absolute Gasteiger partial charge is 0.481 e. The van der Waals surface area contributed by atoms with Gasteiger partial charge in [0.2, 0.25) is 0 Å². The van der Waals surface area contributed by atoms with Crippen LogP contribution in [0.4, 0.5) is 0 Å². The van der Waals surface area contributed by atoms with Crippen LogP contribution in [-0.4, -0.2) is 11.1 Å². The minimum Gasteiger partial charge on any atom is -0.481 e. The number of carboxylic acids is 1. The molecule has 0 aliphatic rings. The van der Waals surface area contributed by atoms with Crippen molar-refractivity contribution >= 4 is 5.97 Å². The molecule has 0 fully saturated rings. The molecule has 0 aromatic carbocycles. The number of carboxylic acid groups (broad SMARTS) is 1. The predicted molar refractivity (Wildman–Crippen MR) is 13.3 cm³/mol. The van der Waals surface area contributed by atoms with E-state index in [4.69, 9.17) is 9.90 Å². The molecule has 0 saturated heterocycles. The third-order valence-electron chi connectivity index (χ3n) is 0. The summed E-state index contributed by atoms with van der Waals surface area (Å²) in [5.41, 5.74) is 0. The summed E-state index contributed by atoms with van der Waals surface area (Å²) < 4.78 is 0. The van der Waals surface area contributed by atoms with E-state index in [9.17, 15) is 0 Å². The van der Waals surface area contributed by atoms with Gasteiger partial charge in [0, 0.05) is 6.92 Å². The molecule has 0 radical (unpaired) electrons. The van der Waals surface area contributed by atoms with Crippen LogP contribution in [-0.2, 0) is 45.6 Å². The molecule has 0 unspecified atom stereocenters. The van der Waals surface area contributed by atoms with Gasteiger partial charge in [-0.15, -0.1) is 0 Å². The first-order valence-corrected chi connectivity index (χ1v) is 0.928. The molecule has 0 amide bonds. The second-order valence-corrected chi connectivity index (χ2v) is 0.519. The standard InChI is InChI=1S/C2H4O2.2Pd/c1-2(3)4;;/h1H3,(H,3,4);;/q;2*+2. The van der Waals surface area contributed by atoms with Crippen molar-refractivity contribution < 1.29 is 50.7 Å². The molecule has 2 nitrogen and oxygen atoms in total. The maximum absolute atomic E-state index is 9.00. The van der Waals surface area contributed by atoms with E-state index in [1.165, 1.54) is 0 Å². The van der Waals surface area contributed by atoms with Crippen LogP contribution in [0.3, 0.4) is 0 Å². The summed E-state index contributed by atoms with van der Waals surface area (Å²) in [4.78, 5) is 9.00. The van der Waals surface area contributed by atoms with E-state index in [0.29, 0.717) is 0 Å². The summed E-state index contributed by atoms with van der Waals surface area (Å²) in [7, 11) is 0. The maximum Gasteiger partial charge on any atom is 2.00 e. The summed E-state index contributed by atoms with van der Waals surface area (Å²) in [5, 5.41) is 7.42. The number of aliphatic carboxylic acids is 1. The number of hydrogen-bond acceptors (Lipinski definition) is 1. The third kappa shape index (κ3) is 109. The summed E-state index contributed by atoms with van der Waals surface area (Å²) in [6.07, 6.45) is 0. The summed E-state index contributed by atoms with van der Waals surface area (Å²) in [5.74, 6) is -0.833. The van der Waals surface area contributed by atoms with Crippen molar-refractivity contribution in [3.8, 4) is 0 Å². The average Bonchev–Trinajstić information content (AvgIpc) is 0.811.